The Morgan fingerprint density at radius 2 is 1.06 bits per heavy atom. The van der Waals surface area contributed by atoms with Crippen molar-refractivity contribution in [1.29, 1.82) is 0 Å². The summed E-state index contributed by atoms with van der Waals surface area (Å²) in [7, 11) is 0. The van der Waals surface area contributed by atoms with Crippen molar-refractivity contribution in [3.05, 3.63) is 174 Å². The Labute approximate surface area is 312 Å². The Balaban J connectivity index is 0.000000190. The number of hydrogen-bond acceptors (Lipinski definition) is 0. The zero-order valence-corrected chi connectivity index (χ0v) is 30.1. The minimum absolute atomic E-state index is 0. The maximum absolute atomic E-state index is 12.7. The van der Waals surface area contributed by atoms with Crippen molar-refractivity contribution in [3.8, 4) is 0 Å². The minimum Gasteiger partial charge on any atom is -1.00 e. The van der Waals surface area contributed by atoms with Crippen LogP contribution >= 0.6 is 0 Å². The van der Waals surface area contributed by atoms with Crippen molar-refractivity contribution >= 4 is 46.3 Å². The fraction of sp³-hybridized carbons (Fsp3) is 0.0732. The fourth-order valence-corrected chi connectivity index (χ4v) is 6.59. The van der Waals surface area contributed by atoms with Gasteiger partial charge in [0.2, 0.25) is 0 Å². The van der Waals surface area contributed by atoms with Crippen molar-refractivity contribution < 1.29 is 75.4 Å². The quantitative estimate of drug-likeness (QED) is 0.112. The summed E-state index contributed by atoms with van der Waals surface area (Å²) in [4.78, 5) is 0. The van der Waals surface area contributed by atoms with Crippen LogP contribution in [-0.4, -0.2) is 3.21 Å². The maximum atomic E-state index is 12.7. The first kappa shape index (κ1) is 38.9. The van der Waals surface area contributed by atoms with Crippen LogP contribution in [0.3, 0.4) is 0 Å². The molecule has 0 atom stereocenters. The van der Waals surface area contributed by atoms with E-state index in [2.05, 4.69) is 91.0 Å². The van der Waals surface area contributed by atoms with Gasteiger partial charge in [0.1, 0.15) is 0 Å². The second-order valence-electron chi connectivity index (χ2n) is 11.1. The summed E-state index contributed by atoms with van der Waals surface area (Å²) >= 11 is 0.729. The van der Waals surface area contributed by atoms with E-state index in [1.54, 1.807) is 0 Å². The molecule has 0 radical (unpaired) electrons. The zero-order valence-electron chi connectivity index (χ0n) is 26.1. The zero-order chi connectivity index (χ0) is 33.9. The molecule has 0 fully saturated rings. The molecule has 0 nitrogen and oxygen atoms in total. The first-order chi connectivity index (χ1) is 23.0. The van der Waals surface area contributed by atoms with Gasteiger partial charge in [-0.2, -0.15) is 6.08 Å². The predicted molar refractivity (Wildman–Crippen MR) is 180 cm³/mol. The van der Waals surface area contributed by atoms with E-state index in [0.717, 1.165) is 54.9 Å². The molecule has 0 N–H and O–H groups in total. The van der Waals surface area contributed by atoms with E-state index in [0.29, 0.717) is 3.21 Å². The van der Waals surface area contributed by atoms with Crippen LogP contribution in [0.15, 0.2) is 146 Å². The number of alkyl halides is 6. The molecule has 1 aliphatic rings. The third kappa shape index (κ3) is 8.51. The second kappa shape index (κ2) is 16.4. The number of rotatable bonds is 2. The smallest absolute Gasteiger partial charge is 0.0255 e. The summed E-state index contributed by atoms with van der Waals surface area (Å²) in [5.41, 5.74) is -1.10. The molecule has 252 valence electrons. The molecule has 0 amide bonds. The Morgan fingerprint density at radius 3 is 1.54 bits per heavy atom. The monoisotopic (exact) mass is 792 g/mol. The number of fused-ring (bicyclic) bond motifs is 8. The average molecular weight is 795 g/mol. The SMILES string of the molecule is FC(F)(F)c1cccc([C](=[Zr+2])c2cccc(C(F)(F)F)c2)c1.[C-]1=CC=CC1.[Cl-].[Cl-].c1ccc2c(c1)[cH-]c1c3ccccc3c3ccccc3c21. The normalized spacial score (nSPS) is 12.2. The molecule has 7 aromatic rings. The molecule has 0 spiro atoms. The molecule has 1 aliphatic carbocycles. The van der Waals surface area contributed by atoms with Crippen LogP contribution in [-0.2, 0) is 36.6 Å². The summed E-state index contributed by atoms with van der Waals surface area (Å²) in [5.74, 6) is 0. The van der Waals surface area contributed by atoms with E-state index in [9.17, 15) is 26.3 Å². The number of allylic oxidation sites excluding steroid dienone is 4. The molecule has 0 aliphatic heterocycles. The Morgan fingerprint density at radius 1 is 0.580 bits per heavy atom. The van der Waals surface area contributed by atoms with E-state index in [1.807, 2.05) is 12.2 Å². The Hall–Kier alpha value is -3.90. The van der Waals surface area contributed by atoms with Crippen molar-refractivity contribution in [1.82, 2.24) is 0 Å². The van der Waals surface area contributed by atoms with Gasteiger partial charge in [-0.25, -0.2) is 12.2 Å². The van der Waals surface area contributed by atoms with Gasteiger partial charge in [-0.1, -0.05) is 77.5 Å². The Bertz CT molecular complexity index is 2260. The van der Waals surface area contributed by atoms with Gasteiger partial charge in [-0.3, -0.25) is 6.08 Å². The van der Waals surface area contributed by atoms with E-state index in [-0.39, 0.29) is 35.9 Å². The topological polar surface area (TPSA) is 0 Å². The fourth-order valence-electron chi connectivity index (χ4n) is 5.82. The summed E-state index contributed by atoms with van der Waals surface area (Å²) in [6.07, 6.45) is 1.03. The summed E-state index contributed by atoms with van der Waals surface area (Å²) in [6, 6.07) is 37.7. The van der Waals surface area contributed by atoms with Crippen molar-refractivity contribution in [2.45, 2.75) is 18.8 Å². The summed E-state index contributed by atoms with van der Waals surface area (Å²) in [6.45, 7) is 0. The summed E-state index contributed by atoms with van der Waals surface area (Å²) in [5, 5.41) is 10.8. The third-order valence-electron chi connectivity index (χ3n) is 8.05. The van der Waals surface area contributed by atoms with Crippen molar-refractivity contribution in [2.75, 3.05) is 0 Å². The molecule has 0 saturated carbocycles. The molecule has 0 saturated heterocycles. The second-order valence-corrected chi connectivity index (χ2v) is 12.4. The largest absolute Gasteiger partial charge is 1.00 e. The van der Waals surface area contributed by atoms with Crippen LogP contribution in [0.25, 0.3) is 43.1 Å². The average Bonchev–Trinajstić information content (AvgIpc) is 3.81. The molecule has 9 heteroatoms. The predicted octanol–water partition coefficient (Wildman–Crippen LogP) is 6.17. The van der Waals surface area contributed by atoms with Gasteiger partial charge in [0.25, 0.3) is 0 Å². The van der Waals surface area contributed by atoms with E-state index < -0.39 is 23.5 Å². The van der Waals surface area contributed by atoms with Crippen LogP contribution in [0, 0.1) is 6.08 Å². The van der Waals surface area contributed by atoms with Gasteiger partial charge >= 0.3 is 137 Å². The van der Waals surface area contributed by atoms with Crippen LogP contribution in [0.5, 0.6) is 0 Å². The molecular weight excluding hydrogens is 769 g/mol. The van der Waals surface area contributed by atoms with E-state index >= 15 is 0 Å². The molecular formula is C41H26Cl2F6Zr-2. The first-order valence-corrected chi connectivity index (χ1v) is 16.3. The van der Waals surface area contributed by atoms with Crippen molar-refractivity contribution in [3.63, 3.8) is 0 Å². The van der Waals surface area contributed by atoms with Crippen LogP contribution in [0.2, 0.25) is 0 Å². The van der Waals surface area contributed by atoms with Gasteiger partial charge in [-0.15, -0.1) is 40.1 Å². The molecule has 0 unspecified atom stereocenters. The minimum atomic E-state index is -4.49. The number of halogens is 8. The van der Waals surface area contributed by atoms with Gasteiger partial charge < -0.3 is 24.8 Å². The van der Waals surface area contributed by atoms with Crippen LogP contribution < -0.4 is 24.8 Å². The van der Waals surface area contributed by atoms with Gasteiger partial charge in [0, 0.05) is 0 Å². The van der Waals surface area contributed by atoms with Crippen LogP contribution in [0.1, 0.15) is 28.7 Å². The van der Waals surface area contributed by atoms with Gasteiger partial charge in [0.05, 0.1) is 0 Å². The third-order valence-corrected chi connectivity index (χ3v) is 9.47. The number of hydrogen-bond donors (Lipinski definition) is 0. The number of benzene rings is 6. The summed E-state index contributed by atoms with van der Waals surface area (Å²) < 4.78 is 76.7. The maximum Gasteiger partial charge on any atom is -0.0255 e. The molecule has 8 rings (SSSR count). The first-order valence-electron chi connectivity index (χ1n) is 15.1. The van der Waals surface area contributed by atoms with Crippen molar-refractivity contribution in [2.24, 2.45) is 0 Å². The van der Waals surface area contributed by atoms with Gasteiger partial charge in [0.15, 0.2) is 0 Å². The molecule has 0 bridgehead atoms. The standard InChI is InChI=1S/C21H13.C15H8F6.C5H5.2ClH.Zr/c1-2-8-15-14(7-1)13-20-18-11-4-3-9-16(18)17-10-5-6-12-19(17)21(15)20;16-14(17,18)12-5-1-3-10(8-12)7-11-4-2-6-13(9-11)15(19,20)21;1-2-4-5-3-1;;;/h1-13H;1-6,8-9H;1-3H,4H2;2*1H;/q-1;;-1;;;+2/p-2. The van der Waals surface area contributed by atoms with Gasteiger partial charge in [-0.05, 0) is 10.8 Å². The van der Waals surface area contributed by atoms with E-state index in [1.165, 1.54) is 67.4 Å². The Kier molecular flexibility index (Phi) is 12.8. The van der Waals surface area contributed by atoms with Crippen LogP contribution in [0.4, 0.5) is 26.3 Å². The molecule has 0 aromatic heterocycles. The molecule has 7 aromatic carbocycles. The van der Waals surface area contributed by atoms with E-state index in [4.69, 9.17) is 0 Å². The molecule has 0 heterocycles. The molecule has 50 heavy (non-hydrogen) atoms.